The van der Waals surface area contributed by atoms with E-state index in [2.05, 4.69) is 5.32 Å². The number of rotatable bonds is 3. The third-order valence-electron chi connectivity index (χ3n) is 4.74. The molecule has 0 spiro atoms. The highest BCUT2D eigenvalue weighted by Gasteiger charge is 2.39. The minimum Gasteiger partial charge on any atom is -0.419 e. The van der Waals surface area contributed by atoms with E-state index in [1.165, 1.54) is 36.9 Å². The molecule has 2 aliphatic rings. The van der Waals surface area contributed by atoms with Crippen molar-refractivity contribution in [3.8, 4) is 0 Å². The summed E-state index contributed by atoms with van der Waals surface area (Å²) in [6.07, 6.45) is 2.07. The number of fused-ring (bicyclic) bond motifs is 1. The first-order valence-electron chi connectivity index (χ1n) is 9.20. The summed E-state index contributed by atoms with van der Waals surface area (Å²) in [5.41, 5.74) is 2.71. The number of carbonyl (C=O) groups is 3. The van der Waals surface area contributed by atoms with Gasteiger partial charge in [0.1, 0.15) is 0 Å². The molecule has 8 heteroatoms. The van der Waals surface area contributed by atoms with Gasteiger partial charge in [0.05, 0.1) is 4.88 Å². The maximum absolute atomic E-state index is 12.6. The zero-order valence-electron chi connectivity index (χ0n) is 16.1. The molecule has 0 saturated carbocycles. The van der Waals surface area contributed by atoms with E-state index in [1.807, 2.05) is 40.6 Å². The van der Waals surface area contributed by atoms with Gasteiger partial charge in [-0.25, -0.2) is 9.59 Å². The molecule has 2 aliphatic heterocycles. The average molecular weight is 412 g/mol. The number of esters is 2. The number of thiophene rings is 1. The van der Waals surface area contributed by atoms with Crippen molar-refractivity contribution >= 4 is 34.9 Å². The number of hydrogen-bond donors (Lipinski definition) is 1. The van der Waals surface area contributed by atoms with Gasteiger partial charge in [-0.3, -0.25) is 4.79 Å². The van der Waals surface area contributed by atoms with Gasteiger partial charge in [-0.1, -0.05) is 12.1 Å². The average Bonchev–Trinajstić information content (AvgIpc) is 3.20. The van der Waals surface area contributed by atoms with E-state index >= 15 is 0 Å². The Bertz CT molecular complexity index is 988. The quantitative estimate of drug-likeness (QED) is 0.474. The lowest BCUT2D eigenvalue weighted by Crippen LogP contribution is -2.42. The first-order chi connectivity index (χ1) is 13.8. The fraction of sp³-hybridized carbons (Fsp3) is 0.286. The Morgan fingerprint density at radius 3 is 2.62 bits per heavy atom. The van der Waals surface area contributed by atoms with Crippen molar-refractivity contribution in [3.63, 3.8) is 0 Å². The van der Waals surface area contributed by atoms with E-state index < -0.39 is 17.7 Å². The summed E-state index contributed by atoms with van der Waals surface area (Å²) in [4.78, 5) is 39.2. The molecule has 0 radical (unpaired) electrons. The molecule has 0 bridgehead atoms. The molecule has 1 fully saturated rings. The number of nitrogens with one attached hydrogen (secondary N) is 1. The summed E-state index contributed by atoms with van der Waals surface area (Å²) in [6, 6.07) is 9.48. The van der Waals surface area contributed by atoms with Gasteiger partial charge in [0.15, 0.2) is 5.57 Å². The number of ether oxygens (including phenoxy) is 2. The third-order valence-corrected chi connectivity index (χ3v) is 5.60. The second-order valence-electron chi connectivity index (χ2n) is 7.32. The topological polar surface area (TPSA) is 84.9 Å². The van der Waals surface area contributed by atoms with Crippen LogP contribution in [0.25, 0.3) is 0 Å². The number of carbonyl (C=O) groups excluding carboxylic acids is 3. The molecular formula is C21H20N2O5S. The second-order valence-corrected chi connectivity index (χ2v) is 8.27. The molecule has 1 aromatic carbocycles. The predicted octanol–water partition coefficient (Wildman–Crippen LogP) is 3.08. The Balaban J connectivity index is 1.49. The fourth-order valence-corrected chi connectivity index (χ4v) is 4.00. The summed E-state index contributed by atoms with van der Waals surface area (Å²) < 4.78 is 10.2. The highest BCUT2D eigenvalue weighted by molar-refractivity contribution is 7.12. The molecule has 0 atom stereocenters. The largest absolute Gasteiger partial charge is 0.419 e. The van der Waals surface area contributed by atoms with Crippen LogP contribution in [-0.4, -0.2) is 35.1 Å². The van der Waals surface area contributed by atoms with E-state index in [9.17, 15) is 14.4 Å². The Hall–Kier alpha value is -3.13. The number of benzene rings is 1. The molecule has 1 amide bonds. The van der Waals surface area contributed by atoms with Gasteiger partial charge in [-0.15, -0.1) is 11.3 Å². The van der Waals surface area contributed by atoms with Crippen LogP contribution in [0.15, 0.2) is 47.5 Å². The lowest BCUT2D eigenvalue weighted by Gasteiger charge is -2.30. The van der Waals surface area contributed by atoms with E-state index in [0.717, 1.165) is 16.9 Å². The smallest absolute Gasteiger partial charge is 0.350 e. The standard InChI is InChI=1S/C21H20N2O5S/c1-21(2)27-19(25)16(20(26)28-21)11-22-15-6-5-13-7-8-23(12-14(13)10-15)18(24)17-4-3-9-29-17/h3-6,9-11,22H,7-8,12H2,1-2H3. The van der Waals surface area contributed by atoms with Crippen LogP contribution in [0.1, 0.15) is 34.6 Å². The van der Waals surface area contributed by atoms with E-state index in [4.69, 9.17) is 9.47 Å². The molecule has 0 aliphatic carbocycles. The van der Waals surface area contributed by atoms with Crippen molar-refractivity contribution in [2.45, 2.75) is 32.6 Å². The zero-order valence-corrected chi connectivity index (χ0v) is 16.9. The molecule has 3 heterocycles. The van der Waals surface area contributed by atoms with E-state index in [1.54, 1.807) is 0 Å². The summed E-state index contributed by atoms with van der Waals surface area (Å²) >= 11 is 1.43. The van der Waals surface area contributed by atoms with Gasteiger partial charge in [-0.05, 0) is 41.1 Å². The molecule has 150 valence electrons. The van der Waals surface area contributed by atoms with Crippen molar-refractivity contribution in [1.29, 1.82) is 0 Å². The first-order valence-corrected chi connectivity index (χ1v) is 10.1. The van der Waals surface area contributed by atoms with Crippen molar-refractivity contribution in [1.82, 2.24) is 4.90 Å². The van der Waals surface area contributed by atoms with E-state index in [-0.39, 0.29) is 11.5 Å². The van der Waals surface area contributed by atoms with Crippen LogP contribution in [0, 0.1) is 0 Å². The highest BCUT2D eigenvalue weighted by Crippen LogP contribution is 2.26. The molecule has 0 unspecified atom stereocenters. The maximum Gasteiger partial charge on any atom is 0.350 e. The summed E-state index contributed by atoms with van der Waals surface area (Å²) in [7, 11) is 0. The van der Waals surface area contributed by atoms with Gasteiger partial charge in [0.2, 0.25) is 0 Å². The molecule has 2 aromatic rings. The van der Waals surface area contributed by atoms with Crippen LogP contribution in [0.2, 0.25) is 0 Å². The van der Waals surface area contributed by atoms with Crippen LogP contribution in [0.5, 0.6) is 0 Å². The second kappa shape index (κ2) is 7.36. The van der Waals surface area contributed by atoms with Crippen molar-refractivity contribution in [2.75, 3.05) is 11.9 Å². The van der Waals surface area contributed by atoms with Gasteiger partial charge >= 0.3 is 11.9 Å². The molecule has 1 aromatic heterocycles. The molecule has 29 heavy (non-hydrogen) atoms. The van der Waals surface area contributed by atoms with Crippen LogP contribution in [0.4, 0.5) is 5.69 Å². The lowest BCUT2D eigenvalue weighted by atomic mass is 9.99. The molecule has 1 N–H and O–H groups in total. The normalized spacial score (nSPS) is 17.9. The van der Waals surface area contributed by atoms with Crippen molar-refractivity contribution in [2.24, 2.45) is 0 Å². The SMILES string of the molecule is CC1(C)OC(=O)C(=CNc2ccc3c(c2)CN(C(=O)c2cccs2)CC3)C(=O)O1. The van der Waals surface area contributed by atoms with Gasteiger partial charge < -0.3 is 19.7 Å². The minimum atomic E-state index is -1.27. The van der Waals surface area contributed by atoms with Crippen LogP contribution < -0.4 is 5.32 Å². The summed E-state index contributed by atoms with van der Waals surface area (Å²) in [6.45, 7) is 4.18. The van der Waals surface area contributed by atoms with Crippen molar-refractivity contribution < 1.29 is 23.9 Å². The van der Waals surface area contributed by atoms with Crippen LogP contribution >= 0.6 is 11.3 Å². The van der Waals surface area contributed by atoms with Gasteiger partial charge in [0.25, 0.3) is 11.7 Å². The predicted molar refractivity (Wildman–Crippen MR) is 107 cm³/mol. The van der Waals surface area contributed by atoms with Gasteiger partial charge in [0, 0.05) is 38.8 Å². The summed E-state index contributed by atoms with van der Waals surface area (Å²) in [5.74, 6) is -2.70. The molecule has 7 nitrogen and oxygen atoms in total. The Labute approximate surface area is 171 Å². The number of amides is 1. The Morgan fingerprint density at radius 1 is 1.17 bits per heavy atom. The highest BCUT2D eigenvalue weighted by atomic mass is 32.1. The van der Waals surface area contributed by atoms with Crippen LogP contribution in [0.3, 0.4) is 0 Å². The van der Waals surface area contributed by atoms with Crippen LogP contribution in [-0.2, 0) is 32.0 Å². The lowest BCUT2D eigenvalue weighted by molar-refractivity contribution is -0.222. The van der Waals surface area contributed by atoms with Gasteiger partial charge in [-0.2, -0.15) is 0 Å². The minimum absolute atomic E-state index is 0.0291. The van der Waals surface area contributed by atoms with E-state index in [0.29, 0.717) is 18.8 Å². The maximum atomic E-state index is 12.6. The number of anilines is 1. The first kappa shape index (κ1) is 19.2. The molecule has 4 rings (SSSR count). The number of hydrogen-bond acceptors (Lipinski definition) is 7. The molecule has 1 saturated heterocycles. The monoisotopic (exact) mass is 412 g/mol. The number of cyclic esters (lactones) is 2. The Kier molecular flexibility index (Phi) is 4.87. The number of nitrogens with zero attached hydrogens (tertiary/aromatic N) is 1. The molecular weight excluding hydrogens is 392 g/mol. The van der Waals surface area contributed by atoms with Crippen molar-refractivity contribution in [3.05, 3.63) is 63.5 Å². The third kappa shape index (κ3) is 4.02. The summed E-state index contributed by atoms with van der Waals surface area (Å²) in [5, 5.41) is 4.85. The Morgan fingerprint density at radius 2 is 1.93 bits per heavy atom. The fourth-order valence-electron chi connectivity index (χ4n) is 3.31. The zero-order chi connectivity index (χ0) is 20.6.